The van der Waals surface area contributed by atoms with Crippen molar-refractivity contribution in [1.29, 1.82) is 0 Å². The minimum absolute atomic E-state index is 0.0862. The Kier molecular flexibility index (Phi) is 5.39. The molecular formula is C19H21FN2O5. The lowest BCUT2D eigenvalue weighted by molar-refractivity contribution is -0.385. The molecule has 0 aliphatic heterocycles. The summed E-state index contributed by atoms with van der Waals surface area (Å²) in [5.41, 5.74) is 4.86. The number of nitrogens with two attached hydrogens (primary N) is 1. The maximum atomic E-state index is 14.2. The van der Waals surface area contributed by atoms with Gasteiger partial charge in [-0.15, -0.1) is 0 Å². The molecule has 7 nitrogen and oxygen atoms in total. The van der Waals surface area contributed by atoms with Crippen molar-refractivity contribution in [3.05, 3.63) is 56.9 Å². The van der Waals surface area contributed by atoms with Crippen LogP contribution in [0.3, 0.4) is 0 Å². The first-order valence-electron chi connectivity index (χ1n) is 8.15. The molecule has 0 radical (unpaired) electrons. The summed E-state index contributed by atoms with van der Waals surface area (Å²) in [6.07, 6.45) is 0. The van der Waals surface area contributed by atoms with Gasteiger partial charge in [0.05, 0.1) is 10.6 Å². The fourth-order valence-corrected chi connectivity index (χ4v) is 2.48. The van der Waals surface area contributed by atoms with Gasteiger partial charge in [0, 0.05) is 11.6 Å². The number of carbonyl (C=O) groups excluding carboxylic acids is 1. The zero-order valence-electron chi connectivity index (χ0n) is 15.8. The Morgan fingerprint density at radius 2 is 1.81 bits per heavy atom. The molecule has 0 aliphatic carbocycles. The van der Waals surface area contributed by atoms with Crippen molar-refractivity contribution in [2.24, 2.45) is 0 Å². The molecule has 0 aliphatic rings. The summed E-state index contributed by atoms with van der Waals surface area (Å²) in [7, 11) is 0. The van der Waals surface area contributed by atoms with Gasteiger partial charge in [-0.2, -0.15) is 0 Å². The Morgan fingerprint density at radius 3 is 2.37 bits per heavy atom. The van der Waals surface area contributed by atoms with E-state index in [-0.39, 0.29) is 28.3 Å². The Labute approximate surface area is 156 Å². The lowest BCUT2D eigenvalue weighted by Crippen LogP contribution is -2.25. The highest BCUT2D eigenvalue weighted by molar-refractivity contribution is 5.96. The number of hydrogen-bond acceptors (Lipinski definition) is 6. The number of carbonyl (C=O) groups is 1. The zero-order valence-corrected chi connectivity index (χ0v) is 15.8. The monoisotopic (exact) mass is 376 g/mol. The van der Waals surface area contributed by atoms with E-state index in [2.05, 4.69) is 0 Å². The van der Waals surface area contributed by atoms with Crippen LogP contribution in [0.15, 0.2) is 24.3 Å². The molecule has 144 valence electrons. The van der Waals surface area contributed by atoms with Crippen LogP contribution in [0, 0.1) is 29.8 Å². The number of nitrogen functional groups attached to an aromatic ring is 1. The van der Waals surface area contributed by atoms with Crippen LogP contribution in [-0.4, -0.2) is 16.5 Å². The van der Waals surface area contributed by atoms with Crippen LogP contribution in [0.2, 0.25) is 0 Å². The van der Waals surface area contributed by atoms with Crippen molar-refractivity contribution in [2.45, 2.75) is 40.2 Å². The highest BCUT2D eigenvalue weighted by Gasteiger charge is 2.29. The van der Waals surface area contributed by atoms with Gasteiger partial charge in [-0.1, -0.05) is 0 Å². The molecule has 0 bridgehead atoms. The van der Waals surface area contributed by atoms with Gasteiger partial charge >= 0.3 is 5.97 Å². The SMILES string of the molecule is Cc1cc(N)c(F)c(Oc2ccc([N+](=O)[O-])c(C(=O)OC(C)(C)C)c2C)c1. The number of halogens is 1. The van der Waals surface area contributed by atoms with E-state index < -0.39 is 28.0 Å². The van der Waals surface area contributed by atoms with Crippen molar-refractivity contribution in [3.63, 3.8) is 0 Å². The van der Waals surface area contributed by atoms with Crippen LogP contribution in [0.25, 0.3) is 0 Å². The summed E-state index contributed by atoms with van der Waals surface area (Å²) in [5.74, 6) is -1.66. The molecule has 0 atom stereocenters. The summed E-state index contributed by atoms with van der Waals surface area (Å²) < 4.78 is 25.1. The van der Waals surface area contributed by atoms with Crippen LogP contribution in [0.1, 0.15) is 42.3 Å². The topological polar surface area (TPSA) is 105 Å². The lowest BCUT2D eigenvalue weighted by Gasteiger charge is -2.20. The number of nitro benzene ring substituents is 1. The van der Waals surface area contributed by atoms with E-state index in [0.717, 1.165) is 6.07 Å². The Morgan fingerprint density at radius 1 is 1.19 bits per heavy atom. The Balaban J connectivity index is 2.56. The van der Waals surface area contributed by atoms with Crippen LogP contribution < -0.4 is 10.5 Å². The van der Waals surface area contributed by atoms with Gasteiger partial charge in [-0.3, -0.25) is 10.1 Å². The first kappa shape index (κ1) is 20.2. The number of nitro groups is 1. The second kappa shape index (κ2) is 7.22. The Bertz CT molecular complexity index is 919. The predicted molar refractivity (Wildman–Crippen MR) is 98.6 cm³/mol. The summed E-state index contributed by atoms with van der Waals surface area (Å²) in [4.78, 5) is 23.2. The van der Waals surface area contributed by atoms with Crippen molar-refractivity contribution >= 4 is 17.3 Å². The molecule has 0 fully saturated rings. The maximum absolute atomic E-state index is 14.2. The first-order valence-corrected chi connectivity index (χ1v) is 8.15. The maximum Gasteiger partial charge on any atom is 0.346 e. The van der Waals surface area contributed by atoms with Crippen molar-refractivity contribution in [3.8, 4) is 11.5 Å². The van der Waals surface area contributed by atoms with E-state index in [1.54, 1.807) is 27.7 Å². The van der Waals surface area contributed by atoms with Crippen molar-refractivity contribution < 1.29 is 23.6 Å². The molecule has 0 unspecified atom stereocenters. The smallest absolute Gasteiger partial charge is 0.346 e. The fourth-order valence-electron chi connectivity index (χ4n) is 2.48. The average Bonchev–Trinajstić information content (AvgIpc) is 2.51. The first-order chi connectivity index (χ1) is 12.4. The second-order valence-electron chi connectivity index (χ2n) is 7.11. The van der Waals surface area contributed by atoms with Crippen LogP contribution in [-0.2, 0) is 4.74 Å². The quantitative estimate of drug-likeness (QED) is 0.359. The summed E-state index contributed by atoms with van der Waals surface area (Å²) >= 11 is 0. The van der Waals surface area contributed by atoms with E-state index in [0.29, 0.717) is 5.56 Å². The molecule has 2 aromatic carbocycles. The number of aryl methyl sites for hydroxylation is 1. The fraction of sp³-hybridized carbons (Fsp3) is 0.316. The minimum Gasteiger partial charge on any atom is -0.456 e. The molecule has 27 heavy (non-hydrogen) atoms. The number of benzene rings is 2. The zero-order chi connectivity index (χ0) is 20.5. The third-order valence-corrected chi connectivity index (χ3v) is 3.62. The normalized spacial score (nSPS) is 11.2. The van der Waals surface area contributed by atoms with Gasteiger partial charge in [0.25, 0.3) is 5.69 Å². The van der Waals surface area contributed by atoms with E-state index >= 15 is 0 Å². The number of rotatable bonds is 4. The molecule has 2 N–H and O–H groups in total. The second-order valence-corrected chi connectivity index (χ2v) is 7.11. The van der Waals surface area contributed by atoms with Crippen molar-refractivity contribution in [1.82, 2.24) is 0 Å². The number of esters is 1. The lowest BCUT2D eigenvalue weighted by atomic mass is 10.0. The van der Waals surface area contributed by atoms with Gasteiger partial charge in [-0.05, 0) is 58.4 Å². The van der Waals surface area contributed by atoms with E-state index in [1.165, 1.54) is 25.1 Å². The van der Waals surface area contributed by atoms with Gasteiger partial charge in [-0.25, -0.2) is 9.18 Å². The van der Waals surface area contributed by atoms with E-state index in [1.807, 2.05) is 0 Å². The molecule has 2 rings (SSSR count). The molecule has 0 aromatic heterocycles. The Hall–Kier alpha value is -3.16. The van der Waals surface area contributed by atoms with Crippen LogP contribution >= 0.6 is 0 Å². The number of nitrogens with zero attached hydrogens (tertiary/aromatic N) is 1. The summed E-state index contributed by atoms with van der Waals surface area (Å²) in [6, 6.07) is 5.33. The molecule has 8 heteroatoms. The van der Waals surface area contributed by atoms with E-state index in [4.69, 9.17) is 15.2 Å². The van der Waals surface area contributed by atoms with Gasteiger partial charge in [0.2, 0.25) is 0 Å². The predicted octanol–water partition coefficient (Wildman–Crippen LogP) is 4.68. The molecule has 0 saturated carbocycles. The van der Waals surface area contributed by atoms with Gasteiger partial charge in [0.15, 0.2) is 11.6 Å². The number of hydrogen-bond donors (Lipinski definition) is 1. The largest absolute Gasteiger partial charge is 0.456 e. The van der Waals surface area contributed by atoms with E-state index in [9.17, 15) is 19.3 Å². The van der Waals surface area contributed by atoms with Gasteiger partial charge in [0.1, 0.15) is 16.9 Å². The molecule has 2 aromatic rings. The average molecular weight is 376 g/mol. The summed E-state index contributed by atoms with van der Waals surface area (Å²) in [5, 5.41) is 11.3. The van der Waals surface area contributed by atoms with Gasteiger partial charge < -0.3 is 15.2 Å². The molecular weight excluding hydrogens is 355 g/mol. The standard InChI is InChI=1S/C19H21FN2O5/c1-10-8-12(21)17(20)15(9-10)26-14-7-6-13(22(24)25)16(11(14)2)18(23)27-19(3,4)5/h6-9H,21H2,1-5H3. The molecule has 0 saturated heterocycles. The molecule has 0 amide bonds. The number of anilines is 1. The molecule has 0 heterocycles. The van der Waals surface area contributed by atoms with Crippen LogP contribution in [0.4, 0.5) is 15.8 Å². The third kappa shape index (κ3) is 4.52. The van der Waals surface area contributed by atoms with Crippen LogP contribution in [0.5, 0.6) is 11.5 Å². The number of ether oxygens (including phenoxy) is 2. The van der Waals surface area contributed by atoms with Crippen molar-refractivity contribution in [2.75, 3.05) is 5.73 Å². The minimum atomic E-state index is -0.860. The third-order valence-electron chi connectivity index (χ3n) is 3.62. The molecule has 0 spiro atoms. The summed E-state index contributed by atoms with van der Waals surface area (Å²) in [6.45, 7) is 8.14. The highest BCUT2D eigenvalue weighted by Crippen LogP contribution is 2.36. The highest BCUT2D eigenvalue weighted by atomic mass is 19.1.